The number of allylic oxidation sites excluding steroid dienone is 2. The summed E-state index contributed by atoms with van der Waals surface area (Å²) in [5.74, 6) is -6.47. The number of aliphatic hydroxyl groups is 1. The predicted octanol–water partition coefficient (Wildman–Crippen LogP) is 2.15. The Balaban J connectivity index is 2.96. The number of carboxylic acids is 1. The molecular formula is C26H41N3O8. The summed E-state index contributed by atoms with van der Waals surface area (Å²) in [5, 5.41) is 50.9. The third-order valence-corrected chi connectivity index (χ3v) is 5.74. The SMILES string of the molecule is CC(C)(C)C/C=C/CC(C(=O)NC(CO)C(=O)NNCc1ccc(O)c(O)c1O)C(C(=O)O)C(C)(C)C. The lowest BCUT2D eigenvalue weighted by molar-refractivity contribution is -0.152. The van der Waals surface area contributed by atoms with Crippen LogP contribution in [0.3, 0.4) is 0 Å². The average Bonchev–Trinajstić information content (AvgIpc) is 2.77. The van der Waals surface area contributed by atoms with Crippen molar-refractivity contribution in [3.63, 3.8) is 0 Å². The second-order valence-electron chi connectivity index (χ2n) is 11.3. The second-order valence-corrected chi connectivity index (χ2v) is 11.3. The molecule has 8 N–H and O–H groups in total. The number of nitrogens with one attached hydrogen (secondary N) is 3. The van der Waals surface area contributed by atoms with Crippen molar-refractivity contribution in [2.24, 2.45) is 22.7 Å². The summed E-state index contributed by atoms with van der Waals surface area (Å²) in [5.41, 5.74) is 4.22. The number of aliphatic carboxylic acids is 1. The van der Waals surface area contributed by atoms with Gasteiger partial charge in [0.05, 0.1) is 18.4 Å². The molecule has 0 aromatic heterocycles. The summed E-state index contributed by atoms with van der Waals surface area (Å²) in [4.78, 5) is 37.9. The third kappa shape index (κ3) is 9.93. The van der Waals surface area contributed by atoms with Gasteiger partial charge in [0.1, 0.15) is 6.04 Å². The predicted molar refractivity (Wildman–Crippen MR) is 137 cm³/mol. The molecule has 0 aliphatic heterocycles. The number of carbonyl (C=O) groups is 3. The summed E-state index contributed by atoms with van der Waals surface area (Å²) < 4.78 is 0. The van der Waals surface area contributed by atoms with Crippen LogP contribution in [0.1, 0.15) is 59.9 Å². The normalized spacial score (nSPS) is 14.7. The van der Waals surface area contributed by atoms with Crippen LogP contribution in [0, 0.1) is 22.7 Å². The Bertz CT molecular complexity index is 979. The zero-order valence-electron chi connectivity index (χ0n) is 22.3. The number of hydrogen-bond donors (Lipinski definition) is 8. The number of benzene rings is 1. The molecule has 0 aliphatic carbocycles. The van der Waals surface area contributed by atoms with Gasteiger partial charge in [-0.3, -0.25) is 19.8 Å². The van der Waals surface area contributed by atoms with Gasteiger partial charge in [-0.05, 0) is 29.7 Å². The smallest absolute Gasteiger partial charge is 0.307 e. The van der Waals surface area contributed by atoms with Crippen molar-refractivity contribution in [3.8, 4) is 17.2 Å². The van der Waals surface area contributed by atoms with Crippen molar-refractivity contribution in [1.82, 2.24) is 16.2 Å². The van der Waals surface area contributed by atoms with Crippen LogP contribution in [0.2, 0.25) is 0 Å². The van der Waals surface area contributed by atoms with Crippen LogP contribution in [0.15, 0.2) is 24.3 Å². The first kappa shape index (κ1) is 31.7. The van der Waals surface area contributed by atoms with Gasteiger partial charge in [0, 0.05) is 12.1 Å². The van der Waals surface area contributed by atoms with Gasteiger partial charge in [-0.2, -0.15) is 0 Å². The van der Waals surface area contributed by atoms with E-state index in [0.29, 0.717) is 0 Å². The molecule has 0 saturated carbocycles. The van der Waals surface area contributed by atoms with E-state index in [1.54, 1.807) is 26.8 Å². The molecule has 2 amide bonds. The van der Waals surface area contributed by atoms with E-state index in [9.17, 15) is 39.9 Å². The zero-order chi connectivity index (χ0) is 28.6. The first-order valence-electron chi connectivity index (χ1n) is 12.0. The van der Waals surface area contributed by atoms with Gasteiger partial charge in [0.25, 0.3) is 5.91 Å². The third-order valence-electron chi connectivity index (χ3n) is 5.74. The van der Waals surface area contributed by atoms with Crippen LogP contribution in [0.25, 0.3) is 0 Å². The highest BCUT2D eigenvalue weighted by Gasteiger charge is 2.42. The molecule has 37 heavy (non-hydrogen) atoms. The molecule has 0 bridgehead atoms. The molecule has 11 nitrogen and oxygen atoms in total. The summed E-state index contributed by atoms with van der Waals surface area (Å²) in [6.45, 7) is 10.4. The van der Waals surface area contributed by atoms with Gasteiger partial charge in [0.2, 0.25) is 11.7 Å². The maximum atomic E-state index is 13.2. The number of carbonyl (C=O) groups excluding carboxylic acids is 2. The monoisotopic (exact) mass is 523 g/mol. The van der Waals surface area contributed by atoms with E-state index in [1.807, 2.05) is 6.08 Å². The molecule has 0 radical (unpaired) electrons. The second kappa shape index (κ2) is 13.3. The number of aliphatic hydroxyl groups excluding tert-OH is 1. The lowest BCUT2D eigenvalue weighted by Crippen LogP contribution is -2.55. The molecular weight excluding hydrogens is 482 g/mol. The summed E-state index contributed by atoms with van der Waals surface area (Å²) in [6, 6.07) is 1.11. The Morgan fingerprint density at radius 1 is 0.946 bits per heavy atom. The van der Waals surface area contributed by atoms with Gasteiger partial charge < -0.3 is 30.8 Å². The van der Waals surface area contributed by atoms with Crippen LogP contribution in [-0.2, 0) is 20.9 Å². The molecule has 11 heteroatoms. The fraction of sp³-hybridized carbons (Fsp3) is 0.577. The number of phenols is 3. The minimum absolute atomic E-state index is 0.0211. The molecule has 0 spiro atoms. The molecule has 1 aromatic rings. The van der Waals surface area contributed by atoms with Crippen LogP contribution < -0.4 is 16.2 Å². The van der Waals surface area contributed by atoms with Crippen LogP contribution in [0.5, 0.6) is 17.2 Å². The van der Waals surface area contributed by atoms with E-state index in [2.05, 4.69) is 36.9 Å². The zero-order valence-corrected chi connectivity index (χ0v) is 22.3. The maximum Gasteiger partial charge on any atom is 0.307 e. The maximum absolute atomic E-state index is 13.2. The van der Waals surface area contributed by atoms with Crippen molar-refractivity contribution in [2.75, 3.05) is 6.61 Å². The van der Waals surface area contributed by atoms with E-state index in [-0.39, 0.29) is 23.9 Å². The Morgan fingerprint density at radius 3 is 2.08 bits per heavy atom. The molecule has 0 fully saturated rings. The van der Waals surface area contributed by atoms with E-state index >= 15 is 0 Å². The molecule has 208 valence electrons. The van der Waals surface area contributed by atoms with E-state index in [1.165, 1.54) is 6.07 Å². The van der Waals surface area contributed by atoms with Gasteiger partial charge in [-0.15, -0.1) is 0 Å². The number of rotatable bonds is 12. The first-order chi connectivity index (χ1) is 17.0. The molecule has 0 heterocycles. The minimum atomic E-state index is -1.38. The summed E-state index contributed by atoms with van der Waals surface area (Å²) in [7, 11) is 0. The highest BCUT2D eigenvalue weighted by atomic mass is 16.4. The van der Waals surface area contributed by atoms with Crippen LogP contribution in [-0.4, -0.2) is 56.0 Å². The van der Waals surface area contributed by atoms with Crippen molar-refractivity contribution in [1.29, 1.82) is 0 Å². The fourth-order valence-corrected chi connectivity index (χ4v) is 3.76. The molecule has 0 aliphatic rings. The lowest BCUT2D eigenvalue weighted by atomic mass is 9.71. The molecule has 0 saturated heterocycles. The summed E-state index contributed by atoms with van der Waals surface area (Å²) in [6.07, 6.45) is 4.54. The number of amides is 2. The number of aromatic hydroxyl groups is 3. The van der Waals surface area contributed by atoms with E-state index < -0.39 is 64.9 Å². The van der Waals surface area contributed by atoms with Crippen LogP contribution in [0.4, 0.5) is 0 Å². The van der Waals surface area contributed by atoms with Gasteiger partial charge >= 0.3 is 5.97 Å². The Kier molecular flexibility index (Phi) is 11.4. The lowest BCUT2D eigenvalue weighted by Gasteiger charge is -2.33. The molecule has 3 unspecified atom stereocenters. The van der Waals surface area contributed by atoms with E-state index in [4.69, 9.17) is 0 Å². The molecule has 1 aromatic carbocycles. The van der Waals surface area contributed by atoms with E-state index in [0.717, 1.165) is 12.5 Å². The minimum Gasteiger partial charge on any atom is -0.504 e. The Morgan fingerprint density at radius 2 is 1.57 bits per heavy atom. The Hall–Kier alpha value is -3.31. The van der Waals surface area contributed by atoms with Crippen molar-refractivity contribution >= 4 is 17.8 Å². The van der Waals surface area contributed by atoms with Crippen molar-refractivity contribution in [3.05, 3.63) is 29.8 Å². The fourth-order valence-electron chi connectivity index (χ4n) is 3.76. The number of carboxylic acid groups (broad SMARTS) is 1. The average molecular weight is 524 g/mol. The number of phenolic OH excluding ortho intramolecular Hbond substituents is 3. The van der Waals surface area contributed by atoms with Gasteiger partial charge in [-0.25, -0.2) is 5.43 Å². The standard InChI is InChI=1S/C26H41N3O8/c1-25(2,3)12-8-7-9-16(19(24(36)37)26(4,5)6)22(34)28-17(14-30)23(35)29-27-13-15-10-11-18(31)21(33)20(15)32/h7-8,10-11,16-17,19,27,30-33H,9,12-14H2,1-6H3,(H,28,34)(H,29,35)(H,36,37)/b8-7+. The topological polar surface area (TPSA) is 188 Å². The van der Waals surface area contributed by atoms with Crippen LogP contribution >= 0.6 is 0 Å². The highest BCUT2D eigenvalue weighted by molar-refractivity contribution is 5.90. The van der Waals surface area contributed by atoms with Crippen molar-refractivity contribution in [2.45, 2.75) is 67.0 Å². The van der Waals surface area contributed by atoms with Gasteiger partial charge in [0.15, 0.2) is 11.5 Å². The highest BCUT2D eigenvalue weighted by Crippen LogP contribution is 2.37. The van der Waals surface area contributed by atoms with Gasteiger partial charge in [-0.1, -0.05) is 59.8 Å². The Labute approximate surface area is 217 Å². The molecule has 1 rings (SSSR count). The number of hydrazine groups is 1. The largest absolute Gasteiger partial charge is 0.504 e. The summed E-state index contributed by atoms with van der Waals surface area (Å²) >= 11 is 0. The first-order valence-corrected chi connectivity index (χ1v) is 12.0. The van der Waals surface area contributed by atoms with Crippen molar-refractivity contribution < 1.29 is 39.9 Å². The number of hydrogen-bond acceptors (Lipinski definition) is 8. The molecule has 3 atom stereocenters. The quantitative estimate of drug-likeness (QED) is 0.115.